The topological polar surface area (TPSA) is 58.5 Å². The zero-order chi connectivity index (χ0) is 18.1. The lowest BCUT2D eigenvalue weighted by atomic mass is 10.2. The number of ether oxygens (including phenoxy) is 1. The molecule has 0 fully saturated rings. The van der Waals surface area contributed by atoms with Crippen LogP contribution in [-0.4, -0.2) is 24.1 Å². The largest absolute Gasteiger partial charge is 0.494 e. The monoisotopic (exact) mass is 360 g/mol. The van der Waals surface area contributed by atoms with Gasteiger partial charge >= 0.3 is 0 Å². The van der Waals surface area contributed by atoms with E-state index in [1.807, 2.05) is 26.0 Å². The van der Waals surface area contributed by atoms with Crippen LogP contribution < -0.4 is 15.4 Å². The summed E-state index contributed by atoms with van der Waals surface area (Å²) in [5, 5.41) is 7.78. The number of aryl methyl sites for hydroxylation is 2. The number of benzene rings is 1. The van der Waals surface area contributed by atoms with Crippen molar-refractivity contribution >= 4 is 17.3 Å². The van der Waals surface area contributed by atoms with Crippen molar-refractivity contribution < 1.29 is 4.74 Å². The van der Waals surface area contributed by atoms with Crippen molar-refractivity contribution in [1.29, 1.82) is 0 Å². The van der Waals surface area contributed by atoms with Gasteiger partial charge in [-0.15, -0.1) is 11.3 Å². The van der Waals surface area contributed by atoms with Crippen LogP contribution >= 0.6 is 11.3 Å². The van der Waals surface area contributed by atoms with E-state index in [9.17, 15) is 0 Å². The first-order valence-corrected chi connectivity index (χ1v) is 9.60. The van der Waals surface area contributed by atoms with Crippen LogP contribution in [0, 0.1) is 13.8 Å². The summed E-state index contributed by atoms with van der Waals surface area (Å²) in [6, 6.07) is 8.13. The van der Waals surface area contributed by atoms with Gasteiger partial charge in [0.05, 0.1) is 30.4 Å². The molecule has 5 nitrogen and oxygen atoms in total. The Labute approximate surface area is 154 Å². The number of aliphatic imine (C=N–C) groups is 1. The van der Waals surface area contributed by atoms with Crippen LogP contribution in [0.4, 0.5) is 0 Å². The van der Waals surface area contributed by atoms with Gasteiger partial charge in [0, 0.05) is 11.4 Å². The first-order valence-electron chi connectivity index (χ1n) is 8.79. The molecule has 1 aromatic carbocycles. The molecular weight excluding hydrogens is 332 g/mol. The molecule has 1 heterocycles. The first kappa shape index (κ1) is 19.2. The van der Waals surface area contributed by atoms with E-state index < -0.39 is 0 Å². The van der Waals surface area contributed by atoms with E-state index in [2.05, 4.69) is 46.6 Å². The number of thiazole rings is 1. The fourth-order valence-electron chi connectivity index (χ4n) is 2.37. The van der Waals surface area contributed by atoms with Crippen LogP contribution in [0.1, 0.15) is 41.4 Å². The van der Waals surface area contributed by atoms with Gasteiger partial charge in [0.15, 0.2) is 5.96 Å². The van der Waals surface area contributed by atoms with Crippen molar-refractivity contribution in [3.05, 3.63) is 45.4 Å². The van der Waals surface area contributed by atoms with Crippen LogP contribution in [0.5, 0.6) is 5.75 Å². The zero-order valence-electron chi connectivity index (χ0n) is 15.6. The van der Waals surface area contributed by atoms with Gasteiger partial charge in [-0.05, 0) is 44.9 Å². The predicted octanol–water partition coefficient (Wildman–Crippen LogP) is 3.80. The summed E-state index contributed by atoms with van der Waals surface area (Å²) in [6.07, 6.45) is 1.01. The second-order valence-corrected chi connectivity index (χ2v) is 7.07. The SMILES string of the molecule is CCCOc1cccc(CN=C(NCC)NCc2sc(C)nc2C)c1. The molecule has 0 radical (unpaired) electrons. The van der Waals surface area contributed by atoms with Gasteiger partial charge in [-0.1, -0.05) is 19.1 Å². The highest BCUT2D eigenvalue weighted by atomic mass is 32.1. The van der Waals surface area contributed by atoms with Gasteiger partial charge in [0.1, 0.15) is 5.75 Å². The molecule has 2 aromatic rings. The van der Waals surface area contributed by atoms with Crippen molar-refractivity contribution in [3.8, 4) is 5.75 Å². The van der Waals surface area contributed by atoms with Crippen LogP contribution in [0.15, 0.2) is 29.3 Å². The number of nitrogens with one attached hydrogen (secondary N) is 2. The molecule has 1 aromatic heterocycles. The molecule has 2 N–H and O–H groups in total. The van der Waals surface area contributed by atoms with Gasteiger partial charge < -0.3 is 15.4 Å². The Bertz CT molecular complexity index is 696. The molecule has 6 heteroatoms. The normalized spacial score (nSPS) is 11.4. The standard InChI is InChI=1S/C19H28N4OS/c1-5-10-24-17-9-7-8-16(11-17)12-21-19(20-6-2)22-13-18-14(3)23-15(4)25-18/h7-9,11H,5-6,10,12-13H2,1-4H3,(H2,20,21,22). The van der Waals surface area contributed by atoms with Crippen LogP contribution in [0.25, 0.3) is 0 Å². The highest BCUT2D eigenvalue weighted by Gasteiger charge is 2.06. The molecule has 0 saturated carbocycles. The number of hydrogen-bond acceptors (Lipinski definition) is 4. The highest BCUT2D eigenvalue weighted by Crippen LogP contribution is 2.17. The van der Waals surface area contributed by atoms with Crippen LogP contribution in [0.2, 0.25) is 0 Å². The third-order valence-electron chi connectivity index (χ3n) is 3.55. The quantitative estimate of drug-likeness (QED) is 0.555. The minimum atomic E-state index is 0.610. The average Bonchev–Trinajstić information content (AvgIpc) is 2.93. The molecule has 0 aliphatic heterocycles. The third kappa shape index (κ3) is 6.38. The lowest BCUT2D eigenvalue weighted by Gasteiger charge is -2.11. The predicted molar refractivity (Wildman–Crippen MR) is 105 cm³/mol. The Morgan fingerprint density at radius 2 is 2.08 bits per heavy atom. The summed E-state index contributed by atoms with van der Waals surface area (Å²) in [5.41, 5.74) is 2.22. The number of aromatic nitrogens is 1. The molecule has 25 heavy (non-hydrogen) atoms. The third-order valence-corrected chi connectivity index (χ3v) is 4.62. The van der Waals surface area contributed by atoms with Crippen molar-refractivity contribution in [2.45, 2.75) is 47.2 Å². The Balaban J connectivity index is 1.98. The fourth-order valence-corrected chi connectivity index (χ4v) is 3.24. The number of nitrogens with zero attached hydrogens (tertiary/aromatic N) is 2. The summed E-state index contributed by atoms with van der Waals surface area (Å²) >= 11 is 1.73. The van der Waals surface area contributed by atoms with E-state index in [4.69, 9.17) is 4.74 Å². The molecule has 0 atom stereocenters. The molecule has 136 valence electrons. The van der Waals surface area contributed by atoms with Crippen molar-refractivity contribution in [1.82, 2.24) is 15.6 Å². The maximum absolute atomic E-state index is 5.69. The van der Waals surface area contributed by atoms with Crippen molar-refractivity contribution in [3.63, 3.8) is 0 Å². The second kappa shape index (κ2) is 10.0. The van der Waals surface area contributed by atoms with E-state index >= 15 is 0 Å². The van der Waals surface area contributed by atoms with E-state index in [0.717, 1.165) is 54.1 Å². The van der Waals surface area contributed by atoms with E-state index in [-0.39, 0.29) is 0 Å². The first-order chi connectivity index (χ1) is 12.1. The number of hydrogen-bond donors (Lipinski definition) is 2. The smallest absolute Gasteiger partial charge is 0.191 e. The lowest BCUT2D eigenvalue weighted by Crippen LogP contribution is -2.36. The van der Waals surface area contributed by atoms with E-state index in [1.165, 1.54) is 4.88 Å². The molecule has 0 spiro atoms. The Hall–Kier alpha value is -2.08. The maximum atomic E-state index is 5.69. The molecule has 0 aliphatic carbocycles. The fraction of sp³-hybridized carbons (Fsp3) is 0.474. The van der Waals surface area contributed by atoms with Gasteiger partial charge in [-0.3, -0.25) is 0 Å². The number of rotatable bonds is 8. The minimum Gasteiger partial charge on any atom is -0.494 e. The van der Waals surface area contributed by atoms with Crippen LogP contribution in [-0.2, 0) is 13.1 Å². The Morgan fingerprint density at radius 3 is 2.76 bits per heavy atom. The van der Waals surface area contributed by atoms with Gasteiger partial charge in [-0.2, -0.15) is 0 Å². The lowest BCUT2D eigenvalue weighted by molar-refractivity contribution is 0.317. The van der Waals surface area contributed by atoms with E-state index in [1.54, 1.807) is 11.3 Å². The van der Waals surface area contributed by atoms with Crippen molar-refractivity contribution in [2.75, 3.05) is 13.2 Å². The summed E-state index contributed by atoms with van der Waals surface area (Å²) in [5.74, 6) is 1.72. The molecule has 0 saturated heterocycles. The van der Waals surface area contributed by atoms with Gasteiger partial charge in [0.25, 0.3) is 0 Å². The molecule has 0 bridgehead atoms. The minimum absolute atomic E-state index is 0.610. The zero-order valence-corrected chi connectivity index (χ0v) is 16.4. The summed E-state index contributed by atoms with van der Waals surface area (Å²) in [7, 11) is 0. The summed E-state index contributed by atoms with van der Waals surface area (Å²) in [4.78, 5) is 10.4. The maximum Gasteiger partial charge on any atom is 0.191 e. The summed E-state index contributed by atoms with van der Waals surface area (Å²) < 4.78 is 5.69. The van der Waals surface area contributed by atoms with Crippen LogP contribution in [0.3, 0.4) is 0 Å². The van der Waals surface area contributed by atoms with Gasteiger partial charge in [-0.25, -0.2) is 9.98 Å². The van der Waals surface area contributed by atoms with Gasteiger partial charge in [0.2, 0.25) is 0 Å². The Morgan fingerprint density at radius 1 is 1.24 bits per heavy atom. The summed E-state index contributed by atoms with van der Waals surface area (Å²) in [6.45, 7) is 11.2. The number of guanidine groups is 1. The second-order valence-electron chi connectivity index (χ2n) is 5.79. The molecule has 2 rings (SSSR count). The van der Waals surface area contributed by atoms with E-state index in [0.29, 0.717) is 6.54 Å². The van der Waals surface area contributed by atoms with Crippen molar-refractivity contribution in [2.24, 2.45) is 4.99 Å². The molecule has 0 aliphatic rings. The highest BCUT2D eigenvalue weighted by molar-refractivity contribution is 7.11. The Kier molecular flexibility index (Phi) is 7.73. The molecule has 0 amide bonds. The molecule has 0 unspecified atom stereocenters. The average molecular weight is 361 g/mol. The molecular formula is C19H28N4OS.